The van der Waals surface area contributed by atoms with Gasteiger partial charge in [-0.1, -0.05) is 69.3 Å². The second-order valence-electron chi connectivity index (χ2n) is 7.32. The van der Waals surface area contributed by atoms with Crippen molar-refractivity contribution in [2.45, 2.75) is 45.4 Å². The minimum atomic E-state index is -0.450. The van der Waals surface area contributed by atoms with E-state index in [9.17, 15) is 4.79 Å². The summed E-state index contributed by atoms with van der Waals surface area (Å²) in [5.41, 5.74) is 3.25. The van der Waals surface area contributed by atoms with Crippen LogP contribution in [-0.2, 0) is 0 Å². The number of carbonyl (C=O) groups is 1. The average molecular weight is 349 g/mol. The smallest absolute Gasteiger partial charge is 0.410 e. The molecule has 0 spiro atoms. The fraction of sp³-hybridized carbons (Fsp3) is 0.348. The molecule has 0 aromatic heterocycles. The normalized spacial score (nSPS) is 15.2. The molecule has 0 unspecified atom stereocenters. The maximum atomic E-state index is 12.4. The van der Waals surface area contributed by atoms with Gasteiger partial charge in [0.1, 0.15) is 5.75 Å². The van der Waals surface area contributed by atoms with E-state index in [2.05, 4.69) is 44.3 Å². The summed E-state index contributed by atoms with van der Waals surface area (Å²) in [5, 5.41) is 2.72. The number of benzene rings is 2. The summed E-state index contributed by atoms with van der Waals surface area (Å²) in [6, 6.07) is 16.1. The van der Waals surface area contributed by atoms with E-state index in [-0.39, 0.29) is 0 Å². The molecule has 0 radical (unpaired) electrons. The van der Waals surface area contributed by atoms with Crippen LogP contribution in [0.5, 0.6) is 5.75 Å². The molecular weight excluding hydrogens is 322 g/mol. The number of rotatable bonds is 6. The molecule has 0 bridgehead atoms. The van der Waals surface area contributed by atoms with Gasteiger partial charge < -0.3 is 4.74 Å². The van der Waals surface area contributed by atoms with Gasteiger partial charge in [0.15, 0.2) is 0 Å². The zero-order valence-electron chi connectivity index (χ0n) is 15.7. The van der Waals surface area contributed by atoms with E-state index in [1.807, 2.05) is 36.4 Å². The van der Waals surface area contributed by atoms with Crippen LogP contribution in [0.3, 0.4) is 0 Å². The van der Waals surface area contributed by atoms with Gasteiger partial charge in [-0.2, -0.15) is 0 Å². The van der Waals surface area contributed by atoms with Gasteiger partial charge in [0, 0.05) is 6.20 Å². The highest BCUT2D eigenvalue weighted by atomic mass is 16.6. The maximum Gasteiger partial charge on any atom is 0.416 e. The molecule has 1 fully saturated rings. The molecule has 1 atom stereocenters. The van der Waals surface area contributed by atoms with Crippen molar-refractivity contribution in [1.82, 2.24) is 5.32 Å². The Bertz CT molecular complexity index is 776. The summed E-state index contributed by atoms with van der Waals surface area (Å²) in [6.07, 6.45) is 5.55. The molecule has 26 heavy (non-hydrogen) atoms. The van der Waals surface area contributed by atoms with Gasteiger partial charge in [-0.25, -0.2) is 4.79 Å². The predicted molar refractivity (Wildman–Crippen MR) is 106 cm³/mol. The van der Waals surface area contributed by atoms with Gasteiger partial charge in [0.05, 0.1) is 0 Å². The van der Waals surface area contributed by atoms with E-state index < -0.39 is 6.09 Å². The maximum absolute atomic E-state index is 12.4. The van der Waals surface area contributed by atoms with Crippen LogP contribution in [-0.4, -0.2) is 6.09 Å². The highest BCUT2D eigenvalue weighted by Crippen LogP contribution is 2.46. The van der Waals surface area contributed by atoms with Crippen molar-refractivity contribution in [3.63, 3.8) is 0 Å². The van der Waals surface area contributed by atoms with E-state index in [1.165, 1.54) is 12.8 Å². The predicted octanol–water partition coefficient (Wildman–Crippen LogP) is 6.08. The van der Waals surface area contributed by atoms with E-state index in [0.717, 1.165) is 22.4 Å². The zero-order chi connectivity index (χ0) is 18.5. The lowest BCUT2D eigenvalue weighted by Gasteiger charge is -2.20. The molecule has 1 saturated carbocycles. The fourth-order valence-corrected chi connectivity index (χ4v) is 3.25. The van der Waals surface area contributed by atoms with Gasteiger partial charge in [-0.3, -0.25) is 5.32 Å². The van der Waals surface area contributed by atoms with E-state index in [0.29, 0.717) is 17.8 Å². The fourth-order valence-electron chi connectivity index (χ4n) is 3.25. The molecule has 1 aliphatic rings. The molecule has 0 saturated heterocycles. The van der Waals surface area contributed by atoms with Crippen LogP contribution in [0.25, 0.3) is 6.08 Å². The molecule has 136 valence electrons. The van der Waals surface area contributed by atoms with Crippen LogP contribution in [0, 0.1) is 5.92 Å². The topological polar surface area (TPSA) is 38.3 Å². The highest BCUT2D eigenvalue weighted by molar-refractivity contribution is 5.73. The highest BCUT2D eigenvalue weighted by Gasteiger charge is 2.32. The summed E-state index contributed by atoms with van der Waals surface area (Å²) in [6.45, 7) is 6.49. The van der Waals surface area contributed by atoms with Gasteiger partial charge in [-0.05, 0) is 53.4 Å². The molecule has 3 rings (SSSR count). The Hall–Kier alpha value is -2.55. The first kappa shape index (κ1) is 18.2. The quantitative estimate of drug-likeness (QED) is 0.686. The Morgan fingerprint density at radius 2 is 1.73 bits per heavy atom. The lowest BCUT2D eigenvalue weighted by Crippen LogP contribution is -2.23. The molecule has 3 nitrogen and oxygen atoms in total. The van der Waals surface area contributed by atoms with E-state index in [4.69, 9.17) is 4.74 Å². The number of ether oxygens (including phenoxy) is 1. The first-order valence-corrected chi connectivity index (χ1v) is 9.39. The molecular formula is C23H27NO2. The largest absolute Gasteiger partial charge is 0.416 e. The summed E-state index contributed by atoms with van der Waals surface area (Å²) in [7, 11) is 0. The van der Waals surface area contributed by atoms with Crippen molar-refractivity contribution in [2.75, 3.05) is 0 Å². The molecule has 2 aromatic carbocycles. The van der Waals surface area contributed by atoms with Gasteiger partial charge in [0.2, 0.25) is 0 Å². The van der Waals surface area contributed by atoms with Crippen LogP contribution in [0.2, 0.25) is 0 Å². The zero-order valence-corrected chi connectivity index (χ0v) is 15.7. The number of hydrogen-bond acceptors (Lipinski definition) is 2. The summed E-state index contributed by atoms with van der Waals surface area (Å²) >= 11 is 0. The van der Waals surface area contributed by atoms with E-state index in [1.54, 1.807) is 6.20 Å². The molecule has 0 heterocycles. The second-order valence-corrected chi connectivity index (χ2v) is 7.32. The lowest BCUT2D eigenvalue weighted by atomic mass is 9.90. The number of carbonyl (C=O) groups excluding carboxylic acids is 1. The van der Waals surface area contributed by atoms with Crippen molar-refractivity contribution >= 4 is 12.2 Å². The van der Waals surface area contributed by atoms with E-state index >= 15 is 0 Å². The monoisotopic (exact) mass is 349 g/mol. The molecule has 3 heteroatoms. The number of para-hydroxylation sites is 1. The Morgan fingerprint density at radius 3 is 2.38 bits per heavy atom. The van der Waals surface area contributed by atoms with Gasteiger partial charge in [-0.15, -0.1) is 0 Å². The second kappa shape index (κ2) is 8.22. The first-order chi connectivity index (χ1) is 12.6. The van der Waals surface area contributed by atoms with Crippen LogP contribution in [0.1, 0.15) is 62.1 Å². The average Bonchev–Trinajstić information content (AvgIpc) is 3.47. The third-order valence-corrected chi connectivity index (χ3v) is 4.99. The van der Waals surface area contributed by atoms with Crippen molar-refractivity contribution in [3.8, 4) is 5.75 Å². The van der Waals surface area contributed by atoms with Crippen molar-refractivity contribution in [1.29, 1.82) is 0 Å². The van der Waals surface area contributed by atoms with Crippen LogP contribution in [0.15, 0.2) is 54.7 Å². The summed E-state index contributed by atoms with van der Waals surface area (Å²) < 4.78 is 5.77. The standard InChI is InChI=1S/C23H27NO2/c1-16(2)20-10-7-11-21(17(3)19-12-13-19)22(20)26-23(25)24-15-14-18-8-5-4-6-9-18/h4-11,14-17,19H,12-13H2,1-3H3,(H,24,25)/t17-/m1/s1. The Balaban J connectivity index is 1.74. The minimum absolute atomic E-state index is 0.295. The Kier molecular flexibility index (Phi) is 5.77. The Labute approximate surface area is 156 Å². The van der Waals surface area contributed by atoms with Crippen LogP contribution in [0.4, 0.5) is 4.79 Å². The molecule has 2 aromatic rings. The van der Waals surface area contributed by atoms with Crippen LogP contribution < -0.4 is 10.1 Å². The minimum Gasteiger partial charge on any atom is -0.410 e. The van der Waals surface area contributed by atoms with Gasteiger partial charge in [0.25, 0.3) is 0 Å². The third kappa shape index (κ3) is 4.54. The summed E-state index contributed by atoms with van der Waals surface area (Å²) in [4.78, 5) is 12.4. The van der Waals surface area contributed by atoms with Crippen molar-refractivity contribution in [2.24, 2.45) is 5.92 Å². The molecule has 1 amide bonds. The van der Waals surface area contributed by atoms with Gasteiger partial charge >= 0.3 is 6.09 Å². The van der Waals surface area contributed by atoms with Crippen molar-refractivity contribution in [3.05, 3.63) is 71.4 Å². The SMILES string of the molecule is CC(C)c1cccc([C@H](C)C2CC2)c1OC(=O)NC=Cc1ccccc1. The molecule has 0 aliphatic heterocycles. The number of amides is 1. The first-order valence-electron chi connectivity index (χ1n) is 9.39. The summed E-state index contributed by atoms with van der Waals surface area (Å²) in [5.74, 6) is 2.15. The lowest BCUT2D eigenvalue weighted by molar-refractivity contribution is 0.203. The molecule has 1 aliphatic carbocycles. The number of nitrogens with one attached hydrogen (secondary N) is 1. The third-order valence-electron chi connectivity index (χ3n) is 4.99. The Morgan fingerprint density at radius 1 is 1.04 bits per heavy atom. The van der Waals surface area contributed by atoms with Crippen molar-refractivity contribution < 1.29 is 9.53 Å². The van der Waals surface area contributed by atoms with Crippen LogP contribution >= 0.6 is 0 Å². The molecule has 1 N–H and O–H groups in total. The number of hydrogen-bond donors (Lipinski definition) is 1.